The van der Waals surface area contributed by atoms with Crippen LogP contribution in [0.5, 0.6) is 0 Å². The third kappa shape index (κ3) is 3.73. The number of halogens is 1. The Bertz CT molecular complexity index is 1460. The molecule has 0 atom stereocenters. The van der Waals surface area contributed by atoms with Gasteiger partial charge in [-0.2, -0.15) is 5.10 Å². The van der Waals surface area contributed by atoms with E-state index in [1.807, 2.05) is 39.5 Å². The highest BCUT2D eigenvalue weighted by molar-refractivity contribution is 9.10. The van der Waals surface area contributed by atoms with E-state index in [4.69, 9.17) is 0 Å². The second-order valence-electron chi connectivity index (χ2n) is 8.28. The lowest BCUT2D eigenvalue weighted by Crippen LogP contribution is -2.02. The summed E-state index contributed by atoms with van der Waals surface area (Å²) >= 11 is 3.49. The number of carbonyl (C=O) groups excluding carboxylic acids is 1. The van der Waals surface area contributed by atoms with Gasteiger partial charge in [0.2, 0.25) is 5.78 Å². The van der Waals surface area contributed by atoms with Crippen LogP contribution in [0.15, 0.2) is 60.1 Å². The van der Waals surface area contributed by atoms with Gasteiger partial charge in [-0.05, 0) is 42.9 Å². The monoisotopic (exact) mass is 489 g/mol. The Kier molecular flexibility index (Phi) is 4.64. The third-order valence-corrected chi connectivity index (χ3v) is 6.37. The number of carbonyl (C=O) groups is 1. The van der Waals surface area contributed by atoms with E-state index in [0.717, 1.165) is 21.4 Å². The fraction of sp³-hybridized carbons (Fsp3) is 0.261. The SMILES string of the molecule is O=C(CCc1ncn2ccc(Br)cc12)c1cnn(Cc2cn3cc(C4CC4)cnc3n2)c1. The largest absolute Gasteiger partial charge is 0.306 e. The van der Waals surface area contributed by atoms with Crippen molar-refractivity contribution in [1.82, 2.24) is 33.5 Å². The van der Waals surface area contributed by atoms with Gasteiger partial charge in [0, 0.05) is 41.9 Å². The molecule has 160 valence electrons. The van der Waals surface area contributed by atoms with Gasteiger partial charge in [-0.15, -0.1) is 0 Å². The lowest BCUT2D eigenvalue weighted by Gasteiger charge is -2.00. The Morgan fingerprint density at radius 3 is 2.91 bits per heavy atom. The van der Waals surface area contributed by atoms with Gasteiger partial charge in [-0.3, -0.25) is 13.9 Å². The molecule has 5 heterocycles. The number of rotatable bonds is 7. The molecule has 5 aromatic rings. The van der Waals surface area contributed by atoms with Crippen LogP contribution in [0.1, 0.15) is 52.5 Å². The highest BCUT2D eigenvalue weighted by Crippen LogP contribution is 2.39. The molecule has 0 spiro atoms. The maximum Gasteiger partial charge on any atom is 0.233 e. The molecule has 0 radical (unpaired) electrons. The molecular formula is C23H20BrN7O. The first-order valence-electron chi connectivity index (χ1n) is 10.6. The molecule has 9 heteroatoms. The van der Waals surface area contributed by atoms with E-state index in [2.05, 4.69) is 42.2 Å². The molecule has 0 N–H and O–H groups in total. The van der Waals surface area contributed by atoms with Gasteiger partial charge in [-0.25, -0.2) is 15.0 Å². The number of ketones is 1. The lowest BCUT2D eigenvalue weighted by atomic mass is 10.1. The average Bonchev–Trinajstić information content (AvgIpc) is 3.21. The topological polar surface area (TPSA) is 82.4 Å². The number of nitrogens with zero attached hydrogens (tertiary/aromatic N) is 7. The van der Waals surface area contributed by atoms with Crippen molar-refractivity contribution in [1.29, 1.82) is 0 Å². The molecule has 1 aliphatic carbocycles. The molecule has 6 rings (SSSR count). The van der Waals surface area contributed by atoms with Crippen LogP contribution in [0.25, 0.3) is 11.3 Å². The van der Waals surface area contributed by atoms with E-state index in [-0.39, 0.29) is 5.78 Å². The summed E-state index contributed by atoms with van der Waals surface area (Å²) in [6.45, 7) is 0.495. The summed E-state index contributed by atoms with van der Waals surface area (Å²) in [4.78, 5) is 26.2. The smallest absolute Gasteiger partial charge is 0.233 e. The standard InChI is InChI=1S/C23H20BrN7O/c24-18-5-6-29-14-26-20(21(29)7-18)3-4-22(32)17-9-27-31(11-17)13-19-12-30-10-16(15-1-2-15)8-25-23(30)28-19/h5-12,14-15H,1-4,13H2. The minimum absolute atomic E-state index is 0.0538. The molecule has 0 amide bonds. The van der Waals surface area contributed by atoms with Crippen molar-refractivity contribution in [3.8, 4) is 0 Å². The Hall–Kier alpha value is -3.33. The van der Waals surface area contributed by atoms with E-state index in [1.54, 1.807) is 23.4 Å². The van der Waals surface area contributed by atoms with Gasteiger partial charge in [0.05, 0.1) is 41.5 Å². The van der Waals surface area contributed by atoms with Crippen molar-refractivity contribution in [2.75, 3.05) is 0 Å². The van der Waals surface area contributed by atoms with Crippen LogP contribution in [-0.4, -0.2) is 39.3 Å². The fourth-order valence-corrected chi connectivity index (χ4v) is 4.33. The fourth-order valence-electron chi connectivity index (χ4n) is 4.00. The Balaban J connectivity index is 1.13. The summed E-state index contributed by atoms with van der Waals surface area (Å²) < 4.78 is 6.68. The Morgan fingerprint density at radius 2 is 2.03 bits per heavy atom. The summed E-state index contributed by atoms with van der Waals surface area (Å²) in [5, 5.41) is 4.37. The minimum Gasteiger partial charge on any atom is -0.306 e. The van der Waals surface area contributed by atoms with E-state index in [1.165, 1.54) is 18.4 Å². The van der Waals surface area contributed by atoms with Gasteiger partial charge >= 0.3 is 0 Å². The maximum absolute atomic E-state index is 12.7. The molecular weight excluding hydrogens is 470 g/mol. The lowest BCUT2D eigenvalue weighted by molar-refractivity contribution is 0.0982. The molecule has 5 aromatic heterocycles. The number of aromatic nitrogens is 7. The van der Waals surface area contributed by atoms with E-state index >= 15 is 0 Å². The molecule has 0 bridgehead atoms. The second kappa shape index (κ2) is 7.67. The molecule has 8 nitrogen and oxygen atoms in total. The van der Waals surface area contributed by atoms with Crippen LogP contribution in [0.3, 0.4) is 0 Å². The summed E-state index contributed by atoms with van der Waals surface area (Å²) in [5.74, 6) is 1.39. The van der Waals surface area contributed by atoms with Crippen molar-refractivity contribution in [2.24, 2.45) is 0 Å². The number of pyridine rings is 1. The van der Waals surface area contributed by atoms with E-state index in [9.17, 15) is 4.79 Å². The zero-order valence-electron chi connectivity index (χ0n) is 17.2. The number of fused-ring (bicyclic) bond motifs is 2. The van der Waals surface area contributed by atoms with Crippen LogP contribution >= 0.6 is 15.9 Å². The predicted octanol–water partition coefficient (Wildman–Crippen LogP) is 4.08. The predicted molar refractivity (Wildman–Crippen MR) is 122 cm³/mol. The minimum atomic E-state index is 0.0538. The summed E-state index contributed by atoms with van der Waals surface area (Å²) in [7, 11) is 0. The van der Waals surface area contributed by atoms with Crippen molar-refractivity contribution in [3.63, 3.8) is 0 Å². The van der Waals surface area contributed by atoms with E-state index in [0.29, 0.717) is 36.6 Å². The number of Topliss-reactive ketones (excluding diaryl/α,β-unsaturated/α-hetero) is 1. The van der Waals surface area contributed by atoms with Gasteiger partial charge in [-0.1, -0.05) is 15.9 Å². The quantitative estimate of drug-likeness (QED) is 0.321. The first-order valence-corrected chi connectivity index (χ1v) is 11.4. The van der Waals surface area contributed by atoms with Crippen molar-refractivity contribution < 1.29 is 4.79 Å². The van der Waals surface area contributed by atoms with Gasteiger partial charge < -0.3 is 4.40 Å². The van der Waals surface area contributed by atoms with Crippen LogP contribution in [0.2, 0.25) is 0 Å². The molecule has 32 heavy (non-hydrogen) atoms. The Morgan fingerprint density at radius 1 is 1.12 bits per heavy atom. The summed E-state index contributed by atoms with van der Waals surface area (Å²) in [6.07, 6.45) is 16.6. The average molecular weight is 490 g/mol. The van der Waals surface area contributed by atoms with E-state index < -0.39 is 0 Å². The van der Waals surface area contributed by atoms with Crippen molar-refractivity contribution >= 4 is 33.0 Å². The molecule has 1 fully saturated rings. The zero-order valence-corrected chi connectivity index (χ0v) is 18.8. The normalized spacial score (nSPS) is 13.9. The zero-order chi connectivity index (χ0) is 21.7. The number of hydrogen-bond donors (Lipinski definition) is 0. The Labute approximate surface area is 192 Å². The molecule has 0 aromatic carbocycles. The molecule has 1 aliphatic rings. The van der Waals surface area contributed by atoms with Gasteiger partial charge in [0.1, 0.15) is 0 Å². The molecule has 1 saturated carbocycles. The summed E-state index contributed by atoms with van der Waals surface area (Å²) in [6, 6.07) is 3.98. The van der Waals surface area contributed by atoms with Crippen molar-refractivity contribution in [2.45, 2.75) is 38.1 Å². The van der Waals surface area contributed by atoms with Crippen LogP contribution in [-0.2, 0) is 13.0 Å². The van der Waals surface area contributed by atoms with Crippen LogP contribution < -0.4 is 0 Å². The molecule has 0 aliphatic heterocycles. The highest BCUT2D eigenvalue weighted by atomic mass is 79.9. The van der Waals surface area contributed by atoms with Crippen LogP contribution in [0.4, 0.5) is 0 Å². The highest BCUT2D eigenvalue weighted by Gasteiger charge is 2.24. The molecule has 0 unspecified atom stereocenters. The van der Waals surface area contributed by atoms with Crippen LogP contribution in [0, 0.1) is 0 Å². The molecule has 0 saturated heterocycles. The maximum atomic E-state index is 12.7. The van der Waals surface area contributed by atoms with Gasteiger partial charge in [0.25, 0.3) is 0 Å². The third-order valence-electron chi connectivity index (χ3n) is 5.88. The number of imidazole rings is 2. The summed E-state index contributed by atoms with van der Waals surface area (Å²) in [5.41, 5.74) is 4.66. The number of hydrogen-bond acceptors (Lipinski definition) is 5. The number of aryl methyl sites for hydroxylation is 1. The van der Waals surface area contributed by atoms with Crippen molar-refractivity contribution in [3.05, 3.63) is 82.6 Å². The first kappa shape index (κ1) is 19.4. The second-order valence-corrected chi connectivity index (χ2v) is 9.20. The van der Waals surface area contributed by atoms with Gasteiger partial charge in [0.15, 0.2) is 5.78 Å². The first-order chi connectivity index (χ1) is 15.6.